The predicted molar refractivity (Wildman–Crippen MR) is 49.7 cm³/mol. The lowest BCUT2D eigenvalue weighted by molar-refractivity contribution is -0.155. The van der Waals surface area contributed by atoms with E-state index < -0.39 is 12.0 Å². The number of amides is 1. The van der Waals surface area contributed by atoms with Crippen molar-refractivity contribution in [2.75, 3.05) is 0 Å². The smallest absolute Gasteiger partial charge is 0.356 e. The Bertz CT molecular complexity index is 247. The second-order valence-corrected chi connectivity index (χ2v) is 2.25. The van der Waals surface area contributed by atoms with Crippen molar-refractivity contribution in [3.8, 4) is 0 Å². The number of nitrogens with zero attached hydrogens (tertiary/aromatic N) is 1. The maximum absolute atomic E-state index is 11.1. The first-order valence-electron chi connectivity index (χ1n) is 3.71. The molecule has 0 spiro atoms. The lowest BCUT2D eigenvalue weighted by Crippen LogP contribution is -2.32. The van der Waals surface area contributed by atoms with Crippen LogP contribution in [0.2, 0.25) is 0 Å². The lowest BCUT2D eigenvalue weighted by Gasteiger charge is -2.08. The Morgan fingerprint density at radius 1 is 1.64 bits per heavy atom. The van der Waals surface area contributed by atoms with Crippen LogP contribution >= 0.6 is 0 Å². The van der Waals surface area contributed by atoms with Gasteiger partial charge in [-0.1, -0.05) is 6.08 Å². The van der Waals surface area contributed by atoms with Gasteiger partial charge < -0.3 is 16.3 Å². The summed E-state index contributed by atoms with van der Waals surface area (Å²) in [7, 11) is 0. The van der Waals surface area contributed by atoms with Gasteiger partial charge in [0.05, 0.1) is 0 Å². The fourth-order valence-electron chi connectivity index (χ4n) is 0.690. The van der Waals surface area contributed by atoms with Gasteiger partial charge in [0, 0.05) is 0 Å². The van der Waals surface area contributed by atoms with E-state index in [2.05, 4.69) is 16.4 Å². The highest BCUT2D eigenvalue weighted by Gasteiger charge is 2.18. The molecular weight excluding hydrogens is 188 g/mol. The Morgan fingerprint density at radius 3 is 2.71 bits per heavy atom. The summed E-state index contributed by atoms with van der Waals surface area (Å²) >= 11 is 0. The van der Waals surface area contributed by atoms with Crippen molar-refractivity contribution in [2.45, 2.75) is 12.5 Å². The van der Waals surface area contributed by atoms with E-state index in [0.29, 0.717) is 0 Å². The van der Waals surface area contributed by atoms with E-state index in [1.54, 1.807) is 5.48 Å². The Balaban J connectivity index is 4.32. The standard InChI is InChI=1S/C7H12N4O3/c1-2-3-5(11-7(8)9)6(13)14-10-4-12/h2,4-5H,1,3H2,(H,10,12)(H4,8,9,11). The van der Waals surface area contributed by atoms with Crippen molar-refractivity contribution < 1.29 is 14.4 Å². The Labute approximate surface area is 80.8 Å². The van der Waals surface area contributed by atoms with Crippen molar-refractivity contribution in [1.82, 2.24) is 5.48 Å². The van der Waals surface area contributed by atoms with Gasteiger partial charge in [-0.05, 0) is 6.42 Å². The third-order valence-corrected chi connectivity index (χ3v) is 1.17. The molecule has 0 heterocycles. The van der Waals surface area contributed by atoms with Crippen LogP contribution in [0.25, 0.3) is 0 Å². The van der Waals surface area contributed by atoms with Crippen LogP contribution in [0.15, 0.2) is 17.6 Å². The first-order valence-corrected chi connectivity index (χ1v) is 3.71. The van der Waals surface area contributed by atoms with Crippen molar-refractivity contribution in [2.24, 2.45) is 16.5 Å². The summed E-state index contributed by atoms with van der Waals surface area (Å²) < 4.78 is 0. The number of aliphatic imine (C=N–C) groups is 1. The number of hydroxylamine groups is 1. The molecule has 0 aliphatic heterocycles. The highest BCUT2D eigenvalue weighted by Crippen LogP contribution is 2.00. The van der Waals surface area contributed by atoms with E-state index in [0.717, 1.165) is 0 Å². The maximum Gasteiger partial charge on any atom is 0.356 e. The van der Waals surface area contributed by atoms with Gasteiger partial charge in [-0.3, -0.25) is 4.79 Å². The Hall–Kier alpha value is -2.05. The van der Waals surface area contributed by atoms with Crippen LogP contribution in [0, 0.1) is 0 Å². The van der Waals surface area contributed by atoms with Crippen molar-refractivity contribution >= 4 is 18.3 Å². The second kappa shape index (κ2) is 6.46. The molecule has 0 radical (unpaired) electrons. The molecule has 5 N–H and O–H groups in total. The van der Waals surface area contributed by atoms with E-state index in [9.17, 15) is 9.59 Å². The van der Waals surface area contributed by atoms with Gasteiger partial charge in [0.25, 0.3) is 0 Å². The van der Waals surface area contributed by atoms with Crippen LogP contribution in [0.1, 0.15) is 6.42 Å². The molecule has 0 aromatic heterocycles. The number of carbonyl (C=O) groups excluding carboxylic acids is 2. The van der Waals surface area contributed by atoms with Crippen LogP contribution in [-0.2, 0) is 14.4 Å². The summed E-state index contributed by atoms with van der Waals surface area (Å²) in [6, 6.07) is -0.884. The van der Waals surface area contributed by atoms with Gasteiger partial charge in [-0.2, -0.15) is 5.48 Å². The van der Waals surface area contributed by atoms with Crippen molar-refractivity contribution in [3.63, 3.8) is 0 Å². The molecule has 1 amide bonds. The molecule has 0 aromatic carbocycles. The predicted octanol–water partition coefficient (Wildman–Crippen LogP) is -1.59. The quantitative estimate of drug-likeness (QED) is 0.157. The van der Waals surface area contributed by atoms with Crippen molar-refractivity contribution in [3.05, 3.63) is 12.7 Å². The minimum Gasteiger partial charge on any atom is -0.370 e. The third-order valence-electron chi connectivity index (χ3n) is 1.17. The van der Waals surface area contributed by atoms with E-state index >= 15 is 0 Å². The van der Waals surface area contributed by atoms with E-state index in [1.807, 2.05) is 0 Å². The zero-order valence-corrected chi connectivity index (χ0v) is 7.47. The monoisotopic (exact) mass is 200 g/mol. The summed E-state index contributed by atoms with van der Waals surface area (Å²) in [5, 5.41) is 0. The molecule has 0 aliphatic rings. The van der Waals surface area contributed by atoms with E-state index in [4.69, 9.17) is 11.5 Å². The van der Waals surface area contributed by atoms with Gasteiger partial charge in [0.1, 0.15) is 0 Å². The lowest BCUT2D eigenvalue weighted by atomic mass is 10.2. The van der Waals surface area contributed by atoms with Crippen LogP contribution in [0.3, 0.4) is 0 Å². The summed E-state index contributed by atoms with van der Waals surface area (Å²) in [4.78, 5) is 28.8. The molecule has 7 heteroatoms. The molecule has 14 heavy (non-hydrogen) atoms. The van der Waals surface area contributed by atoms with E-state index in [-0.39, 0.29) is 18.8 Å². The number of hydrogen-bond donors (Lipinski definition) is 3. The van der Waals surface area contributed by atoms with Gasteiger partial charge >= 0.3 is 5.97 Å². The zero-order chi connectivity index (χ0) is 11.0. The molecule has 0 fully saturated rings. The fraction of sp³-hybridized carbons (Fsp3) is 0.286. The highest BCUT2D eigenvalue weighted by molar-refractivity contribution is 5.82. The molecule has 0 rings (SSSR count). The van der Waals surface area contributed by atoms with E-state index in [1.165, 1.54) is 6.08 Å². The number of hydrogen-bond acceptors (Lipinski definition) is 4. The summed E-state index contributed by atoms with van der Waals surface area (Å²) in [6.45, 7) is 3.42. The summed E-state index contributed by atoms with van der Waals surface area (Å²) in [5.41, 5.74) is 11.9. The molecule has 78 valence electrons. The third kappa shape index (κ3) is 4.75. The zero-order valence-electron chi connectivity index (χ0n) is 7.47. The van der Waals surface area contributed by atoms with Crippen LogP contribution in [0.4, 0.5) is 0 Å². The molecule has 0 saturated carbocycles. The van der Waals surface area contributed by atoms with Gasteiger partial charge in [-0.25, -0.2) is 9.79 Å². The minimum atomic E-state index is -0.884. The molecule has 0 bridgehead atoms. The molecule has 0 saturated heterocycles. The molecule has 0 aromatic rings. The number of nitrogens with two attached hydrogens (primary N) is 2. The Kier molecular flexibility index (Phi) is 5.52. The molecule has 1 unspecified atom stereocenters. The Morgan fingerprint density at radius 2 is 2.29 bits per heavy atom. The molecular formula is C7H12N4O3. The maximum atomic E-state index is 11.1. The average Bonchev–Trinajstić information content (AvgIpc) is 2.13. The topological polar surface area (TPSA) is 120 Å². The van der Waals surface area contributed by atoms with Gasteiger partial charge in [-0.15, -0.1) is 6.58 Å². The van der Waals surface area contributed by atoms with Gasteiger partial charge in [0.15, 0.2) is 12.0 Å². The van der Waals surface area contributed by atoms with Crippen LogP contribution < -0.4 is 16.9 Å². The summed E-state index contributed by atoms with van der Waals surface area (Å²) in [5.74, 6) is -0.995. The first-order chi connectivity index (χ1) is 6.61. The van der Waals surface area contributed by atoms with Crippen LogP contribution in [0.5, 0.6) is 0 Å². The normalized spacial score (nSPS) is 10.9. The molecule has 0 aliphatic carbocycles. The molecule has 7 nitrogen and oxygen atoms in total. The number of guanidine groups is 1. The van der Waals surface area contributed by atoms with Crippen molar-refractivity contribution in [1.29, 1.82) is 0 Å². The number of rotatable bonds is 6. The fourth-order valence-corrected chi connectivity index (χ4v) is 0.690. The highest BCUT2D eigenvalue weighted by atomic mass is 16.7. The second-order valence-electron chi connectivity index (χ2n) is 2.25. The number of carbonyl (C=O) groups is 2. The van der Waals surface area contributed by atoms with Gasteiger partial charge in [0.2, 0.25) is 6.41 Å². The van der Waals surface area contributed by atoms with Crippen LogP contribution in [-0.4, -0.2) is 24.4 Å². The first kappa shape index (κ1) is 11.9. The summed E-state index contributed by atoms with van der Waals surface area (Å²) in [6.07, 6.45) is 1.90. The number of nitrogens with one attached hydrogen (secondary N) is 1. The largest absolute Gasteiger partial charge is 0.370 e. The average molecular weight is 200 g/mol. The molecule has 1 atom stereocenters. The minimum absolute atomic E-state index is 0.220. The SMILES string of the molecule is C=CCC(N=C(N)N)C(=O)ONC=O.